The normalized spacial score (nSPS) is 19.7. The molecule has 1 aromatic rings. The quantitative estimate of drug-likeness (QED) is 0.880. The molecule has 0 amide bonds. The summed E-state index contributed by atoms with van der Waals surface area (Å²) in [7, 11) is 0. The second kappa shape index (κ2) is 5.82. The first kappa shape index (κ1) is 12.8. The van der Waals surface area contributed by atoms with Crippen LogP contribution in [0, 0.1) is 0 Å². The van der Waals surface area contributed by atoms with Crippen LogP contribution in [0.4, 0.5) is 0 Å². The lowest BCUT2D eigenvalue weighted by atomic mass is 10.1. The molecule has 1 atom stereocenters. The molecule has 0 radical (unpaired) electrons. The molecule has 5 nitrogen and oxygen atoms in total. The lowest BCUT2D eigenvalue weighted by Gasteiger charge is -2.22. The molecule has 5 heteroatoms. The van der Waals surface area contributed by atoms with Gasteiger partial charge in [0.25, 0.3) is 5.56 Å². The Morgan fingerprint density at radius 1 is 1.44 bits per heavy atom. The van der Waals surface area contributed by atoms with Crippen LogP contribution in [0.25, 0.3) is 0 Å². The van der Waals surface area contributed by atoms with Gasteiger partial charge in [0.05, 0.1) is 11.7 Å². The lowest BCUT2D eigenvalue weighted by Crippen LogP contribution is -2.25. The van der Waals surface area contributed by atoms with E-state index in [4.69, 9.17) is 9.84 Å². The average Bonchev–Trinajstić information content (AvgIpc) is 2.38. The standard InChI is InChI=1S/C13H17NO4/c15-12-5-4-10(13(16)17)9-14(12)7-6-11-3-1-2-8-18-11/h4-5,9,11H,1-3,6-8H2,(H,16,17). The van der Waals surface area contributed by atoms with E-state index in [9.17, 15) is 9.59 Å². The Morgan fingerprint density at radius 3 is 2.94 bits per heavy atom. The fourth-order valence-corrected chi connectivity index (χ4v) is 2.15. The first-order valence-electron chi connectivity index (χ1n) is 6.22. The van der Waals surface area contributed by atoms with Gasteiger partial charge in [0.2, 0.25) is 0 Å². The third-order valence-corrected chi connectivity index (χ3v) is 3.20. The first-order valence-corrected chi connectivity index (χ1v) is 6.22. The van der Waals surface area contributed by atoms with E-state index >= 15 is 0 Å². The third kappa shape index (κ3) is 3.20. The van der Waals surface area contributed by atoms with Crippen LogP contribution in [0.3, 0.4) is 0 Å². The predicted molar refractivity (Wildman–Crippen MR) is 65.9 cm³/mol. The highest BCUT2D eigenvalue weighted by molar-refractivity contribution is 5.87. The molecule has 1 fully saturated rings. The number of carbonyl (C=O) groups is 1. The van der Waals surface area contributed by atoms with Crippen molar-refractivity contribution < 1.29 is 14.6 Å². The molecule has 1 aliphatic rings. The maximum atomic E-state index is 11.6. The van der Waals surface area contributed by atoms with Gasteiger partial charge in [-0.3, -0.25) is 4.79 Å². The molecule has 1 saturated heterocycles. The van der Waals surface area contributed by atoms with Crippen LogP contribution < -0.4 is 5.56 Å². The second-order valence-electron chi connectivity index (χ2n) is 4.53. The summed E-state index contributed by atoms with van der Waals surface area (Å²) in [4.78, 5) is 22.4. The van der Waals surface area contributed by atoms with Crippen LogP contribution in [0.1, 0.15) is 36.0 Å². The fraction of sp³-hybridized carbons (Fsp3) is 0.538. The van der Waals surface area contributed by atoms with Crippen molar-refractivity contribution in [3.63, 3.8) is 0 Å². The number of hydrogen-bond donors (Lipinski definition) is 1. The van der Waals surface area contributed by atoms with Gasteiger partial charge in [0.1, 0.15) is 0 Å². The molecule has 98 valence electrons. The van der Waals surface area contributed by atoms with E-state index in [1.165, 1.54) is 22.9 Å². The molecule has 2 heterocycles. The highest BCUT2D eigenvalue weighted by atomic mass is 16.5. The maximum absolute atomic E-state index is 11.6. The van der Waals surface area contributed by atoms with E-state index in [0.717, 1.165) is 32.3 Å². The molecule has 1 aromatic heterocycles. The molecule has 0 saturated carbocycles. The van der Waals surface area contributed by atoms with E-state index in [-0.39, 0.29) is 17.2 Å². The Balaban J connectivity index is 2.01. The van der Waals surface area contributed by atoms with Gasteiger partial charge in [0, 0.05) is 25.4 Å². The van der Waals surface area contributed by atoms with Crippen LogP contribution in [0.15, 0.2) is 23.1 Å². The minimum atomic E-state index is -1.02. The van der Waals surface area contributed by atoms with Crippen molar-refractivity contribution >= 4 is 5.97 Å². The van der Waals surface area contributed by atoms with Crippen molar-refractivity contribution in [1.29, 1.82) is 0 Å². The van der Waals surface area contributed by atoms with Gasteiger partial charge >= 0.3 is 5.97 Å². The largest absolute Gasteiger partial charge is 0.478 e. The molecule has 0 aliphatic carbocycles. The number of hydrogen-bond acceptors (Lipinski definition) is 3. The molecular weight excluding hydrogens is 234 g/mol. The number of pyridine rings is 1. The predicted octanol–water partition coefficient (Wildman–Crippen LogP) is 1.51. The van der Waals surface area contributed by atoms with E-state index in [2.05, 4.69) is 0 Å². The first-order chi connectivity index (χ1) is 8.66. The smallest absolute Gasteiger partial charge is 0.337 e. The second-order valence-corrected chi connectivity index (χ2v) is 4.53. The van der Waals surface area contributed by atoms with Crippen LogP contribution >= 0.6 is 0 Å². The van der Waals surface area contributed by atoms with Crippen LogP contribution in [-0.4, -0.2) is 28.4 Å². The Kier molecular flexibility index (Phi) is 4.15. The summed E-state index contributed by atoms with van der Waals surface area (Å²) in [5.41, 5.74) is -0.0324. The molecule has 0 spiro atoms. The zero-order chi connectivity index (χ0) is 13.0. The zero-order valence-electron chi connectivity index (χ0n) is 10.2. The SMILES string of the molecule is O=C(O)c1ccc(=O)n(CCC2CCCCO2)c1. The monoisotopic (exact) mass is 251 g/mol. The van der Waals surface area contributed by atoms with E-state index in [1.807, 2.05) is 0 Å². The van der Waals surface area contributed by atoms with Crippen LogP contribution in [0.5, 0.6) is 0 Å². The van der Waals surface area contributed by atoms with Gasteiger partial charge in [-0.05, 0) is 31.7 Å². The summed E-state index contributed by atoms with van der Waals surface area (Å²) >= 11 is 0. The molecular formula is C13H17NO4. The van der Waals surface area contributed by atoms with E-state index in [1.54, 1.807) is 0 Å². The Morgan fingerprint density at radius 2 is 2.28 bits per heavy atom. The summed E-state index contributed by atoms with van der Waals surface area (Å²) in [6.07, 6.45) is 5.63. The average molecular weight is 251 g/mol. The summed E-state index contributed by atoms with van der Waals surface area (Å²) in [5.74, 6) is -1.02. The number of aromatic carboxylic acids is 1. The van der Waals surface area contributed by atoms with E-state index < -0.39 is 5.97 Å². The highest BCUT2D eigenvalue weighted by Gasteiger charge is 2.14. The molecule has 2 rings (SSSR count). The van der Waals surface area contributed by atoms with Crippen LogP contribution in [0.2, 0.25) is 0 Å². The molecule has 0 bridgehead atoms. The zero-order valence-corrected chi connectivity index (χ0v) is 10.2. The molecule has 1 unspecified atom stereocenters. The van der Waals surface area contributed by atoms with Crippen molar-refractivity contribution in [2.45, 2.75) is 38.3 Å². The fourth-order valence-electron chi connectivity index (χ4n) is 2.15. The maximum Gasteiger partial charge on any atom is 0.337 e. The summed E-state index contributed by atoms with van der Waals surface area (Å²) in [6.45, 7) is 1.29. The van der Waals surface area contributed by atoms with Gasteiger partial charge in [0.15, 0.2) is 0 Å². The van der Waals surface area contributed by atoms with Crippen molar-refractivity contribution in [2.75, 3.05) is 6.61 Å². The number of nitrogens with zero attached hydrogens (tertiary/aromatic N) is 1. The Bertz CT molecular complexity index is 474. The number of carboxylic acid groups (broad SMARTS) is 1. The summed E-state index contributed by atoms with van der Waals surface area (Å²) in [6, 6.07) is 2.63. The van der Waals surface area contributed by atoms with Gasteiger partial charge in [-0.1, -0.05) is 0 Å². The number of carboxylic acids is 1. The minimum absolute atomic E-state index is 0.138. The van der Waals surface area contributed by atoms with Crippen molar-refractivity contribution in [2.24, 2.45) is 0 Å². The molecule has 1 N–H and O–H groups in total. The summed E-state index contributed by atoms with van der Waals surface area (Å²) in [5, 5.41) is 8.88. The minimum Gasteiger partial charge on any atom is -0.478 e. The highest BCUT2D eigenvalue weighted by Crippen LogP contribution is 2.15. The van der Waals surface area contributed by atoms with Crippen molar-refractivity contribution in [1.82, 2.24) is 4.57 Å². The molecule has 1 aliphatic heterocycles. The Hall–Kier alpha value is -1.62. The van der Waals surface area contributed by atoms with Gasteiger partial charge in [-0.15, -0.1) is 0 Å². The van der Waals surface area contributed by atoms with Gasteiger partial charge in [-0.2, -0.15) is 0 Å². The number of ether oxygens (including phenoxy) is 1. The topological polar surface area (TPSA) is 68.5 Å². The molecule has 0 aromatic carbocycles. The van der Waals surface area contributed by atoms with Crippen LogP contribution in [-0.2, 0) is 11.3 Å². The molecule has 18 heavy (non-hydrogen) atoms. The van der Waals surface area contributed by atoms with Crippen molar-refractivity contribution in [3.05, 3.63) is 34.2 Å². The lowest BCUT2D eigenvalue weighted by molar-refractivity contribution is 0.00866. The van der Waals surface area contributed by atoms with E-state index in [0.29, 0.717) is 6.54 Å². The third-order valence-electron chi connectivity index (χ3n) is 3.20. The van der Waals surface area contributed by atoms with Gasteiger partial charge < -0.3 is 14.4 Å². The number of aryl methyl sites for hydroxylation is 1. The summed E-state index contributed by atoms with van der Waals surface area (Å²) < 4.78 is 7.03. The Labute approximate surface area is 105 Å². The number of aromatic nitrogens is 1. The van der Waals surface area contributed by atoms with Gasteiger partial charge in [-0.25, -0.2) is 4.79 Å². The van der Waals surface area contributed by atoms with Crippen molar-refractivity contribution in [3.8, 4) is 0 Å². The number of rotatable bonds is 4.